The monoisotopic (exact) mass is 158 g/mol. The molecule has 1 rings (SSSR count). The number of aromatic nitrogens is 2. The smallest absolute Gasteiger partial charge is 0.202 e. The van der Waals surface area contributed by atoms with Gasteiger partial charge in [0.25, 0.3) is 0 Å². The molecule has 0 N–H and O–H groups in total. The van der Waals surface area contributed by atoms with Crippen molar-refractivity contribution >= 4 is 11.6 Å². The number of imidazole rings is 1. The first-order valence-electron chi connectivity index (χ1n) is 3.49. The molecule has 2 nitrogen and oxygen atoms in total. The highest BCUT2D eigenvalue weighted by molar-refractivity contribution is 6.28. The quantitative estimate of drug-likeness (QED) is 0.645. The van der Waals surface area contributed by atoms with E-state index in [0.717, 1.165) is 18.7 Å². The van der Waals surface area contributed by atoms with Gasteiger partial charge in [0.05, 0.1) is 5.69 Å². The fraction of sp³-hybridized carbons (Fsp3) is 0.571. The van der Waals surface area contributed by atoms with Crippen LogP contribution in [0, 0.1) is 0 Å². The minimum absolute atomic E-state index is 0.597. The van der Waals surface area contributed by atoms with E-state index in [1.165, 1.54) is 0 Å². The molecular weight excluding hydrogens is 148 g/mol. The van der Waals surface area contributed by atoms with Crippen molar-refractivity contribution in [3.63, 3.8) is 0 Å². The van der Waals surface area contributed by atoms with E-state index in [-0.39, 0.29) is 0 Å². The minimum Gasteiger partial charge on any atom is -0.322 e. The van der Waals surface area contributed by atoms with E-state index in [2.05, 4.69) is 11.9 Å². The Bertz CT molecular complexity index is 217. The van der Waals surface area contributed by atoms with Crippen molar-refractivity contribution in [2.24, 2.45) is 0 Å². The Labute approximate surface area is 65.8 Å². The van der Waals surface area contributed by atoms with Crippen molar-refractivity contribution in [3.05, 3.63) is 17.2 Å². The Hall–Kier alpha value is -0.500. The lowest BCUT2D eigenvalue weighted by atomic mass is 10.4. The largest absolute Gasteiger partial charge is 0.322 e. The van der Waals surface area contributed by atoms with Crippen molar-refractivity contribution in [2.45, 2.75) is 26.8 Å². The van der Waals surface area contributed by atoms with Crippen molar-refractivity contribution < 1.29 is 0 Å². The molecule has 0 bridgehead atoms. The lowest BCUT2D eigenvalue weighted by molar-refractivity contribution is 0.761. The maximum Gasteiger partial charge on any atom is 0.202 e. The Kier molecular flexibility index (Phi) is 2.33. The minimum atomic E-state index is 0.597. The molecule has 3 heteroatoms. The van der Waals surface area contributed by atoms with E-state index in [1.54, 1.807) is 0 Å². The molecule has 1 aromatic heterocycles. The molecule has 0 amide bonds. The van der Waals surface area contributed by atoms with Crippen LogP contribution < -0.4 is 0 Å². The van der Waals surface area contributed by atoms with Crippen LogP contribution in [0.2, 0.25) is 5.28 Å². The first kappa shape index (κ1) is 7.61. The molecule has 0 saturated carbocycles. The van der Waals surface area contributed by atoms with Gasteiger partial charge in [0, 0.05) is 12.7 Å². The highest BCUT2D eigenvalue weighted by Crippen LogP contribution is 2.08. The van der Waals surface area contributed by atoms with Crippen LogP contribution in [0.3, 0.4) is 0 Å². The van der Waals surface area contributed by atoms with Crippen LogP contribution in [0.5, 0.6) is 0 Å². The number of nitrogens with zero attached hydrogens (tertiary/aromatic N) is 2. The fourth-order valence-electron chi connectivity index (χ4n) is 0.837. The first-order chi connectivity index (χ1) is 4.77. The summed E-state index contributed by atoms with van der Waals surface area (Å²) >= 11 is 5.78. The second kappa shape index (κ2) is 3.06. The SMILES string of the molecule is CCc1cn(CC)c(Cl)n1. The maximum atomic E-state index is 5.78. The summed E-state index contributed by atoms with van der Waals surface area (Å²) in [5.41, 5.74) is 1.06. The van der Waals surface area contributed by atoms with Crippen molar-refractivity contribution in [2.75, 3.05) is 0 Å². The van der Waals surface area contributed by atoms with Gasteiger partial charge in [0.1, 0.15) is 0 Å². The molecule has 1 aromatic rings. The molecular formula is C7H11ClN2. The van der Waals surface area contributed by atoms with Gasteiger partial charge < -0.3 is 4.57 Å². The molecule has 1 heterocycles. The Morgan fingerprint density at radius 1 is 1.60 bits per heavy atom. The predicted octanol–water partition coefficient (Wildman–Crippen LogP) is 2.12. The van der Waals surface area contributed by atoms with Gasteiger partial charge in [-0.25, -0.2) is 4.98 Å². The standard InChI is InChI=1S/C7H11ClN2/c1-3-6-5-10(4-2)7(8)9-6/h5H,3-4H2,1-2H3. The summed E-state index contributed by atoms with van der Waals surface area (Å²) in [6, 6.07) is 0. The van der Waals surface area contributed by atoms with E-state index < -0.39 is 0 Å². The van der Waals surface area contributed by atoms with Crippen LogP contribution in [0.25, 0.3) is 0 Å². The van der Waals surface area contributed by atoms with Gasteiger partial charge in [0.2, 0.25) is 5.28 Å². The van der Waals surface area contributed by atoms with Crippen LogP contribution >= 0.6 is 11.6 Å². The average molecular weight is 159 g/mol. The molecule has 0 spiro atoms. The molecule has 0 atom stereocenters. The van der Waals surface area contributed by atoms with Gasteiger partial charge in [-0.05, 0) is 24.9 Å². The van der Waals surface area contributed by atoms with E-state index in [1.807, 2.05) is 17.7 Å². The van der Waals surface area contributed by atoms with Gasteiger partial charge in [-0.2, -0.15) is 0 Å². The zero-order valence-corrected chi connectivity index (χ0v) is 7.02. The first-order valence-corrected chi connectivity index (χ1v) is 3.87. The summed E-state index contributed by atoms with van der Waals surface area (Å²) in [4.78, 5) is 4.13. The van der Waals surface area contributed by atoms with Gasteiger partial charge >= 0.3 is 0 Å². The Morgan fingerprint density at radius 3 is 2.60 bits per heavy atom. The molecule has 10 heavy (non-hydrogen) atoms. The molecule has 0 saturated heterocycles. The summed E-state index contributed by atoms with van der Waals surface area (Å²) in [6.07, 6.45) is 2.94. The highest BCUT2D eigenvalue weighted by atomic mass is 35.5. The zero-order chi connectivity index (χ0) is 7.56. The fourth-order valence-corrected chi connectivity index (χ4v) is 1.11. The molecule has 0 aliphatic heterocycles. The van der Waals surface area contributed by atoms with Crippen LogP contribution in [-0.4, -0.2) is 9.55 Å². The topological polar surface area (TPSA) is 17.8 Å². The number of aryl methyl sites for hydroxylation is 2. The van der Waals surface area contributed by atoms with E-state index in [9.17, 15) is 0 Å². The molecule has 0 radical (unpaired) electrons. The molecule has 56 valence electrons. The van der Waals surface area contributed by atoms with Gasteiger partial charge in [0.15, 0.2) is 0 Å². The van der Waals surface area contributed by atoms with Crippen LogP contribution in [0.4, 0.5) is 0 Å². The van der Waals surface area contributed by atoms with E-state index in [0.29, 0.717) is 5.28 Å². The second-order valence-electron chi connectivity index (χ2n) is 2.14. The number of rotatable bonds is 2. The molecule has 0 fully saturated rings. The van der Waals surface area contributed by atoms with Crippen molar-refractivity contribution in [1.82, 2.24) is 9.55 Å². The lowest BCUT2D eigenvalue weighted by Gasteiger charge is -1.93. The third kappa shape index (κ3) is 1.32. The summed E-state index contributed by atoms with van der Waals surface area (Å²) in [6.45, 7) is 5.01. The summed E-state index contributed by atoms with van der Waals surface area (Å²) in [5.74, 6) is 0. The number of halogens is 1. The Morgan fingerprint density at radius 2 is 2.30 bits per heavy atom. The maximum absolute atomic E-state index is 5.78. The molecule has 0 aliphatic carbocycles. The zero-order valence-electron chi connectivity index (χ0n) is 6.26. The van der Waals surface area contributed by atoms with Crippen LogP contribution in [0.15, 0.2) is 6.20 Å². The predicted molar refractivity (Wildman–Crippen MR) is 42.3 cm³/mol. The van der Waals surface area contributed by atoms with Crippen molar-refractivity contribution in [3.8, 4) is 0 Å². The third-order valence-electron chi connectivity index (χ3n) is 1.48. The van der Waals surface area contributed by atoms with Crippen LogP contribution in [-0.2, 0) is 13.0 Å². The molecule has 0 unspecified atom stereocenters. The third-order valence-corrected chi connectivity index (χ3v) is 1.78. The van der Waals surface area contributed by atoms with Crippen molar-refractivity contribution in [1.29, 1.82) is 0 Å². The number of hydrogen-bond donors (Lipinski definition) is 0. The second-order valence-corrected chi connectivity index (χ2v) is 2.48. The highest BCUT2D eigenvalue weighted by Gasteiger charge is 2.00. The lowest BCUT2D eigenvalue weighted by Crippen LogP contribution is -1.90. The average Bonchev–Trinajstić information content (AvgIpc) is 2.30. The van der Waals surface area contributed by atoms with Gasteiger partial charge in [-0.15, -0.1) is 0 Å². The van der Waals surface area contributed by atoms with Gasteiger partial charge in [-0.1, -0.05) is 6.92 Å². The van der Waals surface area contributed by atoms with Crippen LogP contribution in [0.1, 0.15) is 19.5 Å². The summed E-state index contributed by atoms with van der Waals surface area (Å²) in [7, 11) is 0. The van der Waals surface area contributed by atoms with Gasteiger partial charge in [-0.3, -0.25) is 0 Å². The normalized spacial score (nSPS) is 10.3. The number of hydrogen-bond acceptors (Lipinski definition) is 1. The molecule has 0 aromatic carbocycles. The summed E-state index contributed by atoms with van der Waals surface area (Å²) in [5, 5.41) is 0.597. The summed E-state index contributed by atoms with van der Waals surface area (Å²) < 4.78 is 1.93. The van der Waals surface area contributed by atoms with E-state index >= 15 is 0 Å². The molecule has 0 aliphatic rings. The van der Waals surface area contributed by atoms with E-state index in [4.69, 9.17) is 11.6 Å². The Balaban J connectivity index is 2.92.